The molecule has 0 aromatic heterocycles. The van der Waals surface area contributed by atoms with Gasteiger partial charge in [-0.05, 0) is 35.5 Å². The molecule has 0 radical (unpaired) electrons. The Morgan fingerprint density at radius 1 is 1.23 bits per heavy atom. The van der Waals surface area contributed by atoms with E-state index >= 15 is 0 Å². The third-order valence-electron chi connectivity index (χ3n) is 2.70. The average molecular weight is 331 g/mol. The van der Waals surface area contributed by atoms with E-state index in [-0.39, 0.29) is 4.91 Å². The number of alkyl halides is 3. The second-order valence-electron chi connectivity index (χ2n) is 4.28. The van der Waals surface area contributed by atoms with Crippen LogP contribution in [-0.4, -0.2) is 33.7 Å². The molecule has 1 saturated heterocycles. The minimum Gasteiger partial charge on any atom is -0.480 e. The number of thioether (sulfide) groups is 1. The lowest BCUT2D eigenvalue weighted by molar-refractivity contribution is -0.140. The van der Waals surface area contributed by atoms with Crippen molar-refractivity contribution in [1.29, 1.82) is 0 Å². The Morgan fingerprint density at radius 3 is 2.32 bits per heavy atom. The molecule has 22 heavy (non-hydrogen) atoms. The van der Waals surface area contributed by atoms with Crippen LogP contribution in [0.15, 0.2) is 29.2 Å². The lowest BCUT2D eigenvalue weighted by Crippen LogP contribution is -2.33. The fourth-order valence-electron chi connectivity index (χ4n) is 1.69. The van der Waals surface area contributed by atoms with E-state index in [1.807, 2.05) is 0 Å². The van der Waals surface area contributed by atoms with Crippen molar-refractivity contribution in [2.75, 3.05) is 6.54 Å². The van der Waals surface area contributed by atoms with Crippen molar-refractivity contribution in [2.24, 2.45) is 0 Å². The van der Waals surface area contributed by atoms with Crippen LogP contribution in [0.25, 0.3) is 6.08 Å². The summed E-state index contributed by atoms with van der Waals surface area (Å²) in [6.07, 6.45) is -3.22. The van der Waals surface area contributed by atoms with Crippen LogP contribution in [0.5, 0.6) is 0 Å². The van der Waals surface area contributed by atoms with Crippen molar-refractivity contribution in [3.05, 3.63) is 40.3 Å². The average Bonchev–Trinajstić information content (AvgIpc) is 2.66. The highest BCUT2D eigenvalue weighted by Gasteiger charge is 2.36. The van der Waals surface area contributed by atoms with E-state index in [0.717, 1.165) is 24.3 Å². The highest BCUT2D eigenvalue weighted by molar-refractivity contribution is 8.18. The van der Waals surface area contributed by atoms with Gasteiger partial charge in [0.25, 0.3) is 11.1 Å². The topological polar surface area (TPSA) is 74.7 Å². The van der Waals surface area contributed by atoms with Crippen LogP contribution in [0, 0.1) is 0 Å². The molecule has 0 spiro atoms. The number of aliphatic carboxylic acids is 1. The summed E-state index contributed by atoms with van der Waals surface area (Å²) in [4.78, 5) is 34.5. The second kappa shape index (κ2) is 5.84. The van der Waals surface area contributed by atoms with Gasteiger partial charge in [0.2, 0.25) is 0 Å². The Hall–Kier alpha value is -2.29. The van der Waals surface area contributed by atoms with Crippen molar-refractivity contribution in [1.82, 2.24) is 4.90 Å². The van der Waals surface area contributed by atoms with E-state index in [9.17, 15) is 27.6 Å². The Bertz CT molecular complexity index is 667. The number of imide groups is 1. The van der Waals surface area contributed by atoms with Crippen molar-refractivity contribution in [3.63, 3.8) is 0 Å². The zero-order chi connectivity index (χ0) is 16.5. The molecule has 2 rings (SSSR count). The lowest BCUT2D eigenvalue weighted by atomic mass is 10.1. The fourth-order valence-corrected chi connectivity index (χ4v) is 2.53. The van der Waals surface area contributed by atoms with Gasteiger partial charge in [-0.1, -0.05) is 12.1 Å². The van der Waals surface area contributed by atoms with Gasteiger partial charge in [-0.15, -0.1) is 0 Å². The maximum atomic E-state index is 12.4. The number of rotatable bonds is 3. The molecule has 0 saturated carbocycles. The van der Waals surface area contributed by atoms with Crippen LogP contribution < -0.4 is 0 Å². The van der Waals surface area contributed by atoms with Crippen LogP contribution in [-0.2, 0) is 15.8 Å². The van der Waals surface area contributed by atoms with Crippen molar-refractivity contribution in [2.45, 2.75) is 6.18 Å². The third kappa shape index (κ3) is 3.48. The molecule has 1 fully saturated rings. The Morgan fingerprint density at radius 2 is 1.82 bits per heavy atom. The number of carboxylic acid groups (broad SMARTS) is 1. The molecular formula is C13H8F3NO4S. The first-order valence-electron chi connectivity index (χ1n) is 5.83. The summed E-state index contributed by atoms with van der Waals surface area (Å²) in [6, 6.07) is 4.03. The third-order valence-corrected chi connectivity index (χ3v) is 3.61. The van der Waals surface area contributed by atoms with Crippen molar-refractivity contribution >= 4 is 35.0 Å². The molecule has 0 bridgehead atoms. The molecular weight excluding hydrogens is 323 g/mol. The van der Waals surface area contributed by atoms with Gasteiger partial charge in [0.05, 0.1) is 10.5 Å². The lowest BCUT2D eigenvalue weighted by Gasteiger charge is -2.08. The van der Waals surface area contributed by atoms with Gasteiger partial charge in [-0.2, -0.15) is 13.2 Å². The number of carboxylic acids is 1. The van der Waals surface area contributed by atoms with Crippen molar-refractivity contribution < 1.29 is 32.7 Å². The van der Waals surface area contributed by atoms with Crippen molar-refractivity contribution in [3.8, 4) is 0 Å². The molecule has 1 N–H and O–H groups in total. The smallest absolute Gasteiger partial charge is 0.416 e. The maximum Gasteiger partial charge on any atom is 0.416 e. The van der Waals surface area contributed by atoms with Gasteiger partial charge < -0.3 is 5.11 Å². The first kappa shape index (κ1) is 16.1. The largest absolute Gasteiger partial charge is 0.480 e. The first-order chi connectivity index (χ1) is 10.2. The van der Waals surface area contributed by atoms with Crippen LogP contribution in [0.2, 0.25) is 0 Å². The SMILES string of the molecule is O=C(O)CN1C(=O)S/C(=C\c2ccc(C(F)(F)F)cc2)C1=O. The summed E-state index contributed by atoms with van der Waals surface area (Å²) in [5.74, 6) is -2.12. The monoisotopic (exact) mass is 331 g/mol. The maximum absolute atomic E-state index is 12.4. The molecule has 1 aromatic rings. The van der Waals surface area contributed by atoms with E-state index in [1.54, 1.807) is 0 Å². The standard InChI is InChI=1S/C13H8F3NO4S/c14-13(15,16)8-3-1-7(2-4-8)5-9-11(20)17(6-10(18)19)12(21)22-9/h1-5H,6H2,(H,18,19)/b9-5-. The Balaban J connectivity index is 2.22. The number of hydrogen-bond donors (Lipinski definition) is 1. The molecule has 0 aliphatic carbocycles. The minimum absolute atomic E-state index is 0.0361. The second-order valence-corrected chi connectivity index (χ2v) is 5.27. The number of benzene rings is 1. The molecule has 0 unspecified atom stereocenters. The zero-order valence-electron chi connectivity index (χ0n) is 10.8. The summed E-state index contributed by atoms with van der Waals surface area (Å²) in [5.41, 5.74) is -0.530. The molecule has 2 amide bonds. The van der Waals surface area contributed by atoms with Gasteiger partial charge in [-0.25, -0.2) is 0 Å². The van der Waals surface area contributed by atoms with Crippen LogP contribution in [0.1, 0.15) is 11.1 Å². The van der Waals surface area contributed by atoms with E-state index < -0.39 is 35.4 Å². The number of nitrogens with zero attached hydrogens (tertiary/aromatic N) is 1. The summed E-state index contributed by atoms with van der Waals surface area (Å²) in [5, 5.41) is 7.88. The van der Waals surface area contributed by atoms with Crippen LogP contribution in [0.4, 0.5) is 18.0 Å². The molecule has 1 aliphatic rings. The number of hydrogen-bond acceptors (Lipinski definition) is 4. The van der Waals surface area contributed by atoms with Gasteiger partial charge in [0, 0.05) is 0 Å². The zero-order valence-corrected chi connectivity index (χ0v) is 11.6. The quantitative estimate of drug-likeness (QED) is 0.862. The minimum atomic E-state index is -4.46. The van der Waals surface area contributed by atoms with E-state index in [4.69, 9.17) is 5.11 Å². The molecule has 1 aromatic carbocycles. The predicted octanol–water partition coefficient (Wildman–Crippen LogP) is 2.83. The van der Waals surface area contributed by atoms with Gasteiger partial charge in [0.1, 0.15) is 6.54 Å². The van der Waals surface area contributed by atoms with Gasteiger partial charge in [0.15, 0.2) is 0 Å². The fraction of sp³-hybridized carbons (Fsp3) is 0.154. The molecule has 0 atom stereocenters. The van der Waals surface area contributed by atoms with E-state index in [1.165, 1.54) is 6.08 Å². The van der Waals surface area contributed by atoms with Crippen LogP contribution in [0.3, 0.4) is 0 Å². The molecule has 5 nitrogen and oxygen atoms in total. The predicted molar refractivity (Wildman–Crippen MR) is 71.8 cm³/mol. The summed E-state index contributed by atoms with van der Waals surface area (Å²) < 4.78 is 37.3. The van der Waals surface area contributed by atoms with E-state index in [0.29, 0.717) is 22.2 Å². The summed E-state index contributed by atoms with van der Waals surface area (Å²) >= 11 is 0.541. The molecule has 116 valence electrons. The Labute approximate surface area is 126 Å². The number of halogens is 3. The summed E-state index contributed by atoms with van der Waals surface area (Å²) in [6.45, 7) is -0.755. The van der Waals surface area contributed by atoms with Gasteiger partial charge >= 0.3 is 12.1 Å². The highest BCUT2D eigenvalue weighted by Crippen LogP contribution is 2.33. The number of carbonyl (C=O) groups is 3. The normalized spacial score (nSPS) is 17.4. The van der Waals surface area contributed by atoms with Crippen LogP contribution >= 0.6 is 11.8 Å². The molecule has 1 aliphatic heterocycles. The number of carbonyl (C=O) groups excluding carboxylic acids is 2. The highest BCUT2D eigenvalue weighted by atomic mass is 32.2. The number of amides is 2. The van der Waals surface area contributed by atoms with Gasteiger partial charge in [-0.3, -0.25) is 19.3 Å². The molecule has 9 heteroatoms. The Kier molecular flexibility index (Phi) is 4.27. The first-order valence-corrected chi connectivity index (χ1v) is 6.64. The van der Waals surface area contributed by atoms with E-state index in [2.05, 4.69) is 0 Å². The summed E-state index contributed by atoms with van der Waals surface area (Å²) in [7, 11) is 0. The molecule has 1 heterocycles.